The fraction of sp³-hybridized carbons (Fsp3) is 0.143. The average molecular weight is 195 g/mol. The average Bonchev–Trinajstić information content (AvgIpc) is 1.88. The lowest BCUT2D eigenvalue weighted by molar-refractivity contribution is 0.282. The summed E-state index contributed by atoms with van der Waals surface area (Å²) in [7, 11) is 0. The number of hydrogen-bond acceptors (Lipinski definition) is 1. The standard InChI is InChI=1S/C7H6Cl2O.H2O/c8-6-2-1-5(4-10)7(9)3-6;/h1-3,10H,4H2;1H2. The number of rotatable bonds is 1. The number of benzene rings is 1. The van der Waals surface area contributed by atoms with Crippen LogP contribution in [0.15, 0.2) is 18.2 Å². The van der Waals surface area contributed by atoms with E-state index < -0.39 is 0 Å². The fourth-order valence-electron chi connectivity index (χ4n) is 0.650. The molecule has 0 spiro atoms. The van der Waals surface area contributed by atoms with E-state index in [9.17, 15) is 0 Å². The van der Waals surface area contributed by atoms with E-state index in [2.05, 4.69) is 0 Å². The third-order valence-corrected chi connectivity index (χ3v) is 1.77. The molecule has 0 atom stereocenters. The molecular weight excluding hydrogens is 187 g/mol. The zero-order valence-electron chi connectivity index (χ0n) is 5.64. The topological polar surface area (TPSA) is 51.7 Å². The van der Waals surface area contributed by atoms with Gasteiger partial charge in [-0.25, -0.2) is 0 Å². The van der Waals surface area contributed by atoms with E-state index in [1.807, 2.05) is 0 Å². The van der Waals surface area contributed by atoms with Gasteiger partial charge in [-0.2, -0.15) is 0 Å². The van der Waals surface area contributed by atoms with E-state index in [1.165, 1.54) is 0 Å². The minimum Gasteiger partial charge on any atom is -0.412 e. The summed E-state index contributed by atoms with van der Waals surface area (Å²) in [6, 6.07) is 5.00. The molecule has 0 aliphatic rings. The molecule has 0 radical (unpaired) electrons. The second kappa shape index (κ2) is 4.57. The highest BCUT2D eigenvalue weighted by Gasteiger charge is 1.97. The Balaban J connectivity index is 0.000001000. The predicted molar refractivity (Wildman–Crippen MR) is 46.0 cm³/mol. The number of aliphatic hydroxyl groups is 1. The summed E-state index contributed by atoms with van der Waals surface area (Å²) in [6.07, 6.45) is 0. The van der Waals surface area contributed by atoms with Crippen LogP contribution in [-0.2, 0) is 6.61 Å². The smallest absolute Gasteiger partial charge is 0.0696 e. The molecule has 0 saturated carbocycles. The van der Waals surface area contributed by atoms with Crippen LogP contribution in [0.1, 0.15) is 5.56 Å². The first-order valence-electron chi connectivity index (χ1n) is 2.79. The van der Waals surface area contributed by atoms with Crippen LogP contribution in [0, 0.1) is 0 Å². The van der Waals surface area contributed by atoms with Crippen molar-refractivity contribution in [3.05, 3.63) is 33.8 Å². The van der Waals surface area contributed by atoms with Crippen LogP contribution < -0.4 is 0 Å². The van der Waals surface area contributed by atoms with Crippen molar-refractivity contribution in [2.24, 2.45) is 0 Å². The summed E-state index contributed by atoms with van der Waals surface area (Å²) in [5.41, 5.74) is 0.700. The molecule has 0 saturated heterocycles. The van der Waals surface area contributed by atoms with Crippen molar-refractivity contribution in [2.45, 2.75) is 6.61 Å². The lowest BCUT2D eigenvalue weighted by Gasteiger charge is -1.98. The highest BCUT2D eigenvalue weighted by Crippen LogP contribution is 2.20. The van der Waals surface area contributed by atoms with Crippen LogP contribution in [0.2, 0.25) is 10.0 Å². The van der Waals surface area contributed by atoms with Gasteiger partial charge < -0.3 is 10.6 Å². The van der Waals surface area contributed by atoms with Crippen LogP contribution in [0.3, 0.4) is 0 Å². The Labute approximate surface area is 74.7 Å². The monoisotopic (exact) mass is 194 g/mol. The van der Waals surface area contributed by atoms with E-state index in [4.69, 9.17) is 28.3 Å². The summed E-state index contributed by atoms with van der Waals surface area (Å²) < 4.78 is 0. The highest BCUT2D eigenvalue weighted by atomic mass is 35.5. The molecule has 4 heteroatoms. The molecule has 1 aromatic carbocycles. The highest BCUT2D eigenvalue weighted by molar-refractivity contribution is 6.35. The Kier molecular flexibility index (Phi) is 4.45. The molecule has 62 valence electrons. The van der Waals surface area contributed by atoms with Gasteiger partial charge in [-0.3, -0.25) is 0 Å². The maximum absolute atomic E-state index is 8.68. The lowest BCUT2D eigenvalue weighted by Crippen LogP contribution is -1.82. The molecule has 0 aliphatic heterocycles. The van der Waals surface area contributed by atoms with Crippen molar-refractivity contribution in [2.75, 3.05) is 0 Å². The van der Waals surface area contributed by atoms with E-state index in [1.54, 1.807) is 18.2 Å². The molecule has 0 heterocycles. The lowest BCUT2D eigenvalue weighted by atomic mass is 10.2. The van der Waals surface area contributed by atoms with E-state index in [-0.39, 0.29) is 12.1 Å². The molecule has 1 aromatic rings. The Morgan fingerprint density at radius 2 is 1.91 bits per heavy atom. The maximum Gasteiger partial charge on any atom is 0.0696 e. The van der Waals surface area contributed by atoms with E-state index in [0.717, 1.165) is 0 Å². The summed E-state index contributed by atoms with van der Waals surface area (Å²) in [6.45, 7) is -0.0456. The van der Waals surface area contributed by atoms with Crippen molar-refractivity contribution in [1.29, 1.82) is 0 Å². The summed E-state index contributed by atoms with van der Waals surface area (Å²) >= 11 is 11.3. The van der Waals surface area contributed by atoms with Gasteiger partial charge in [-0.15, -0.1) is 0 Å². The Bertz CT molecular complexity index is 238. The maximum atomic E-state index is 8.68. The molecular formula is C7H8Cl2O2. The van der Waals surface area contributed by atoms with Crippen molar-refractivity contribution in [3.63, 3.8) is 0 Å². The zero-order valence-corrected chi connectivity index (χ0v) is 7.15. The summed E-state index contributed by atoms with van der Waals surface area (Å²) in [5, 5.41) is 9.78. The minimum atomic E-state index is -0.0456. The van der Waals surface area contributed by atoms with E-state index in [0.29, 0.717) is 15.6 Å². The van der Waals surface area contributed by atoms with Crippen LogP contribution in [-0.4, -0.2) is 10.6 Å². The van der Waals surface area contributed by atoms with Crippen molar-refractivity contribution < 1.29 is 10.6 Å². The zero-order chi connectivity index (χ0) is 7.56. The number of hydrogen-bond donors (Lipinski definition) is 1. The molecule has 0 unspecified atom stereocenters. The number of aliphatic hydroxyl groups excluding tert-OH is 1. The van der Waals surface area contributed by atoms with E-state index >= 15 is 0 Å². The first kappa shape index (κ1) is 10.7. The molecule has 3 N–H and O–H groups in total. The largest absolute Gasteiger partial charge is 0.412 e. The van der Waals surface area contributed by atoms with Crippen LogP contribution in [0.25, 0.3) is 0 Å². The summed E-state index contributed by atoms with van der Waals surface area (Å²) in [5.74, 6) is 0. The second-order valence-electron chi connectivity index (χ2n) is 1.89. The van der Waals surface area contributed by atoms with Crippen molar-refractivity contribution >= 4 is 23.2 Å². The molecule has 0 amide bonds. The van der Waals surface area contributed by atoms with Gasteiger partial charge in [0.05, 0.1) is 6.61 Å². The van der Waals surface area contributed by atoms with Gasteiger partial charge in [0.25, 0.3) is 0 Å². The minimum absolute atomic E-state index is 0. The van der Waals surface area contributed by atoms with Gasteiger partial charge in [0.1, 0.15) is 0 Å². The van der Waals surface area contributed by atoms with Crippen molar-refractivity contribution in [3.8, 4) is 0 Å². The normalized spacial score (nSPS) is 9.00. The molecule has 11 heavy (non-hydrogen) atoms. The molecule has 0 bridgehead atoms. The Hall–Kier alpha value is -0.280. The van der Waals surface area contributed by atoms with Gasteiger partial charge >= 0.3 is 0 Å². The first-order chi connectivity index (χ1) is 4.74. The molecule has 1 rings (SSSR count). The predicted octanol–water partition coefficient (Wildman–Crippen LogP) is 1.66. The second-order valence-corrected chi connectivity index (χ2v) is 2.74. The van der Waals surface area contributed by atoms with Gasteiger partial charge in [0.2, 0.25) is 0 Å². The number of halogens is 2. The Morgan fingerprint density at radius 1 is 1.27 bits per heavy atom. The van der Waals surface area contributed by atoms with Crippen LogP contribution >= 0.6 is 23.2 Å². The van der Waals surface area contributed by atoms with Crippen molar-refractivity contribution in [1.82, 2.24) is 0 Å². The third kappa shape index (κ3) is 2.67. The Morgan fingerprint density at radius 3 is 2.36 bits per heavy atom. The molecule has 0 fully saturated rings. The van der Waals surface area contributed by atoms with Gasteiger partial charge in [-0.1, -0.05) is 29.3 Å². The van der Waals surface area contributed by atoms with Crippen LogP contribution in [0.4, 0.5) is 0 Å². The van der Waals surface area contributed by atoms with Gasteiger partial charge in [0, 0.05) is 10.0 Å². The quantitative estimate of drug-likeness (QED) is 0.727. The fourth-order valence-corrected chi connectivity index (χ4v) is 1.12. The summed E-state index contributed by atoms with van der Waals surface area (Å²) in [4.78, 5) is 0. The SMILES string of the molecule is O.OCc1ccc(Cl)cc1Cl. The first-order valence-corrected chi connectivity index (χ1v) is 3.54. The molecule has 0 aliphatic carbocycles. The van der Waals surface area contributed by atoms with Gasteiger partial charge in [-0.05, 0) is 17.7 Å². The third-order valence-electron chi connectivity index (χ3n) is 1.19. The molecule has 2 nitrogen and oxygen atoms in total. The van der Waals surface area contributed by atoms with Gasteiger partial charge in [0.15, 0.2) is 0 Å². The molecule has 0 aromatic heterocycles. The van der Waals surface area contributed by atoms with Crippen LogP contribution in [0.5, 0.6) is 0 Å².